The molecule has 2 unspecified atom stereocenters. The van der Waals surface area contributed by atoms with Crippen LogP contribution in [0.2, 0.25) is 0 Å². The molecule has 102 valence electrons. The van der Waals surface area contributed by atoms with Crippen molar-refractivity contribution in [2.24, 2.45) is 5.73 Å². The highest BCUT2D eigenvalue weighted by atomic mass is 19.1. The van der Waals surface area contributed by atoms with Gasteiger partial charge in [-0.2, -0.15) is 0 Å². The smallest absolute Gasteiger partial charge is 0.134 e. The molecular weight excluding hydrogens is 245 g/mol. The van der Waals surface area contributed by atoms with Gasteiger partial charge in [0.2, 0.25) is 0 Å². The summed E-state index contributed by atoms with van der Waals surface area (Å²) in [5.41, 5.74) is 6.55. The van der Waals surface area contributed by atoms with E-state index >= 15 is 0 Å². The Morgan fingerprint density at radius 2 is 2.16 bits per heavy atom. The third-order valence-electron chi connectivity index (χ3n) is 3.96. The minimum absolute atomic E-state index is 0.270. The van der Waals surface area contributed by atoms with Crippen LogP contribution in [-0.2, 0) is 4.74 Å². The average molecular weight is 263 g/mol. The lowest BCUT2D eigenvalue weighted by Gasteiger charge is -2.37. The molecule has 2 aromatic rings. The van der Waals surface area contributed by atoms with E-state index in [1.54, 1.807) is 6.07 Å². The van der Waals surface area contributed by atoms with Crippen molar-refractivity contribution in [3.8, 4) is 0 Å². The van der Waals surface area contributed by atoms with E-state index in [1.165, 1.54) is 12.1 Å². The summed E-state index contributed by atoms with van der Waals surface area (Å²) >= 11 is 0. The molecule has 1 aliphatic heterocycles. The number of rotatable bonds is 2. The summed E-state index contributed by atoms with van der Waals surface area (Å²) in [6.07, 6.45) is 3.10. The summed E-state index contributed by atoms with van der Waals surface area (Å²) in [5.74, 6) is 0.388. The van der Waals surface area contributed by atoms with Crippen molar-refractivity contribution in [3.05, 3.63) is 35.8 Å². The molecule has 0 radical (unpaired) electrons. The van der Waals surface area contributed by atoms with Crippen molar-refractivity contribution in [1.29, 1.82) is 0 Å². The quantitative estimate of drug-likeness (QED) is 0.901. The molecule has 0 spiro atoms. The second-order valence-corrected chi connectivity index (χ2v) is 5.43. The number of fused-ring (bicyclic) bond motifs is 1. The Bertz CT molecular complexity index is 587. The highest BCUT2D eigenvalue weighted by Gasteiger charge is 2.37. The van der Waals surface area contributed by atoms with Gasteiger partial charge in [0.15, 0.2) is 0 Å². The Morgan fingerprint density at radius 1 is 1.32 bits per heavy atom. The van der Waals surface area contributed by atoms with E-state index in [2.05, 4.69) is 0 Å². The first-order chi connectivity index (χ1) is 9.08. The number of ether oxygens (including phenoxy) is 1. The molecule has 0 aliphatic carbocycles. The second-order valence-electron chi connectivity index (χ2n) is 5.43. The van der Waals surface area contributed by atoms with Crippen LogP contribution in [0.25, 0.3) is 11.0 Å². The number of halogens is 1. The zero-order chi connectivity index (χ0) is 13.5. The predicted octanol–water partition coefficient (Wildman–Crippen LogP) is 3.53. The summed E-state index contributed by atoms with van der Waals surface area (Å²) in [6, 6.07) is 5.96. The van der Waals surface area contributed by atoms with E-state index in [-0.39, 0.29) is 11.9 Å². The van der Waals surface area contributed by atoms with Gasteiger partial charge >= 0.3 is 0 Å². The number of nitrogens with two attached hydrogens (primary N) is 1. The first-order valence-corrected chi connectivity index (χ1v) is 6.67. The second kappa shape index (κ2) is 4.62. The van der Waals surface area contributed by atoms with Crippen molar-refractivity contribution in [1.82, 2.24) is 0 Å². The fraction of sp³-hybridized carbons (Fsp3) is 0.467. The number of furan rings is 1. The number of benzene rings is 1. The van der Waals surface area contributed by atoms with Gasteiger partial charge in [0, 0.05) is 12.0 Å². The van der Waals surface area contributed by atoms with Crippen molar-refractivity contribution < 1.29 is 13.5 Å². The zero-order valence-corrected chi connectivity index (χ0v) is 11.0. The molecule has 3 nitrogen and oxygen atoms in total. The minimum atomic E-state index is -0.398. The van der Waals surface area contributed by atoms with E-state index in [4.69, 9.17) is 14.9 Å². The van der Waals surface area contributed by atoms with Crippen molar-refractivity contribution in [2.75, 3.05) is 6.61 Å². The molecule has 1 aromatic heterocycles. The Morgan fingerprint density at radius 3 is 2.89 bits per heavy atom. The van der Waals surface area contributed by atoms with Crippen molar-refractivity contribution in [2.45, 2.75) is 37.8 Å². The minimum Gasteiger partial charge on any atom is -0.459 e. The SMILES string of the molecule is CC1(C(N)c2cc3cc(F)ccc3o2)CCCCO1. The molecule has 4 heteroatoms. The standard InChI is InChI=1S/C15H18FNO2/c1-15(6-2-3-7-18-15)14(17)13-9-10-8-11(16)4-5-12(10)19-13/h4-5,8-9,14H,2-3,6-7,17H2,1H3. The van der Waals surface area contributed by atoms with E-state index < -0.39 is 5.60 Å². The Kier molecular flexibility index (Phi) is 3.07. The lowest BCUT2D eigenvalue weighted by atomic mass is 9.87. The summed E-state index contributed by atoms with van der Waals surface area (Å²) in [7, 11) is 0. The predicted molar refractivity (Wildman–Crippen MR) is 71.3 cm³/mol. The lowest BCUT2D eigenvalue weighted by molar-refractivity contribution is -0.0852. The monoisotopic (exact) mass is 263 g/mol. The van der Waals surface area contributed by atoms with Crippen LogP contribution in [0.4, 0.5) is 4.39 Å². The van der Waals surface area contributed by atoms with Gasteiger partial charge in [-0.25, -0.2) is 4.39 Å². The molecule has 1 aromatic carbocycles. The summed E-state index contributed by atoms with van der Waals surface area (Å²) in [5, 5.41) is 0.741. The van der Waals surface area contributed by atoms with Crippen LogP contribution in [0.15, 0.2) is 28.7 Å². The topological polar surface area (TPSA) is 48.4 Å². The van der Waals surface area contributed by atoms with Crippen LogP contribution in [0.1, 0.15) is 38.0 Å². The molecule has 1 saturated heterocycles. The summed E-state index contributed by atoms with van der Waals surface area (Å²) in [6.45, 7) is 2.75. The maximum atomic E-state index is 13.2. The Labute approximate surface area is 111 Å². The number of hydrogen-bond donors (Lipinski definition) is 1. The van der Waals surface area contributed by atoms with Crippen LogP contribution in [0.5, 0.6) is 0 Å². The van der Waals surface area contributed by atoms with Crippen LogP contribution >= 0.6 is 0 Å². The molecule has 19 heavy (non-hydrogen) atoms. The molecule has 1 aliphatic rings. The maximum absolute atomic E-state index is 13.2. The average Bonchev–Trinajstić information content (AvgIpc) is 2.81. The van der Waals surface area contributed by atoms with Gasteiger partial charge in [-0.1, -0.05) is 0 Å². The largest absolute Gasteiger partial charge is 0.459 e. The van der Waals surface area contributed by atoms with E-state index in [1.807, 2.05) is 13.0 Å². The third-order valence-corrected chi connectivity index (χ3v) is 3.96. The van der Waals surface area contributed by atoms with Crippen LogP contribution < -0.4 is 5.73 Å². The Balaban J connectivity index is 1.94. The lowest BCUT2D eigenvalue weighted by Crippen LogP contribution is -2.43. The molecule has 2 N–H and O–H groups in total. The summed E-state index contributed by atoms with van der Waals surface area (Å²) in [4.78, 5) is 0. The molecule has 3 rings (SSSR count). The molecule has 0 saturated carbocycles. The van der Waals surface area contributed by atoms with Gasteiger partial charge in [0.25, 0.3) is 0 Å². The number of hydrogen-bond acceptors (Lipinski definition) is 3. The third kappa shape index (κ3) is 2.26. The molecule has 2 heterocycles. The molecule has 0 amide bonds. The van der Waals surface area contributed by atoms with Gasteiger partial charge < -0.3 is 14.9 Å². The molecule has 1 fully saturated rings. The van der Waals surface area contributed by atoms with E-state index in [0.29, 0.717) is 11.3 Å². The zero-order valence-electron chi connectivity index (χ0n) is 11.0. The van der Waals surface area contributed by atoms with Crippen LogP contribution in [0, 0.1) is 5.82 Å². The highest BCUT2D eigenvalue weighted by molar-refractivity contribution is 5.78. The van der Waals surface area contributed by atoms with Crippen LogP contribution in [0.3, 0.4) is 0 Å². The van der Waals surface area contributed by atoms with Crippen LogP contribution in [-0.4, -0.2) is 12.2 Å². The molecule has 0 bridgehead atoms. The van der Waals surface area contributed by atoms with Gasteiger partial charge in [-0.3, -0.25) is 0 Å². The first-order valence-electron chi connectivity index (χ1n) is 6.67. The highest BCUT2D eigenvalue weighted by Crippen LogP contribution is 2.36. The normalized spacial score (nSPS) is 25.6. The van der Waals surface area contributed by atoms with Crippen molar-refractivity contribution in [3.63, 3.8) is 0 Å². The van der Waals surface area contributed by atoms with E-state index in [9.17, 15) is 4.39 Å². The first kappa shape index (κ1) is 12.6. The maximum Gasteiger partial charge on any atom is 0.134 e. The van der Waals surface area contributed by atoms with Gasteiger partial charge in [0.05, 0.1) is 11.6 Å². The Hall–Kier alpha value is -1.39. The van der Waals surface area contributed by atoms with Gasteiger partial charge in [-0.05, 0) is 50.5 Å². The van der Waals surface area contributed by atoms with Gasteiger partial charge in [-0.15, -0.1) is 0 Å². The fourth-order valence-electron chi connectivity index (χ4n) is 2.69. The van der Waals surface area contributed by atoms with E-state index in [0.717, 1.165) is 31.3 Å². The van der Waals surface area contributed by atoms with Crippen molar-refractivity contribution >= 4 is 11.0 Å². The fourth-order valence-corrected chi connectivity index (χ4v) is 2.69. The van der Waals surface area contributed by atoms with Gasteiger partial charge in [0.1, 0.15) is 17.2 Å². The molecule has 2 atom stereocenters. The molecular formula is C15H18FNO2. The summed E-state index contributed by atoms with van der Waals surface area (Å²) < 4.78 is 24.8.